The Morgan fingerprint density at radius 2 is 2.11 bits per heavy atom. The van der Waals surface area contributed by atoms with Crippen LogP contribution >= 0.6 is 0 Å². The molecule has 1 aliphatic rings. The van der Waals surface area contributed by atoms with Gasteiger partial charge < -0.3 is 14.4 Å². The maximum Gasteiger partial charge on any atom is 0.228 e. The Morgan fingerprint density at radius 1 is 1.33 bits per heavy atom. The predicted molar refractivity (Wildman–Crippen MR) is 101 cm³/mol. The molecule has 0 radical (unpaired) electrons. The fourth-order valence-corrected chi connectivity index (χ4v) is 3.50. The van der Waals surface area contributed by atoms with Gasteiger partial charge in [-0.3, -0.25) is 4.79 Å². The van der Waals surface area contributed by atoms with E-state index in [1.807, 2.05) is 28.8 Å². The van der Waals surface area contributed by atoms with Crippen LogP contribution in [0.2, 0.25) is 0 Å². The monoisotopic (exact) mass is 367 g/mol. The molecule has 1 saturated heterocycles. The molecule has 27 heavy (non-hydrogen) atoms. The van der Waals surface area contributed by atoms with Crippen LogP contribution in [-0.4, -0.2) is 56.2 Å². The van der Waals surface area contributed by atoms with Gasteiger partial charge in [-0.05, 0) is 19.1 Å². The van der Waals surface area contributed by atoms with E-state index in [9.17, 15) is 4.79 Å². The Labute approximate surface area is 159 Å². The first kappa shape index (κ1) is 18.8. The molecule has 0 saturated carbocycles. The number of anilines is 1. The van der Waals surface area contributed by atoms with E-state index < -0.39 is 0 Å². The number of nitriles is 1. The molecule has 8 heteroatoms. The molecular formula is C19H25N7O. The first-order valence-electron chi connectivity index (χ1n) is 9.19. The summed E-state index contributed by atoms with van der Waals surface area (Å²) in [5.41, 5.74) is 1.12. The molecule has 0 N–H and O–H groups in total. The van der Waals surface area contributed by atoms with E-state index in [0.29, 0.717) is 37.7 Å². The minimum Gasteiger partial charge on any atom is -0.349 e. The minimum absolute atomic E-state index is 0.0980. The highest BCUT2D eigenvalue weighted by Crippen LogP contribution is 2.19. The van der Waals surface area contributed by atoms with Crippen LogP contribution in [0.1, 0.15) is 43.9 Å². The lowest BCUT2D eigenvalue weighted by molar-refractivity contribution is -0.131. The standard InChI is InChI=1S/C19H25N7O/c1-13(2)19-21-16(12-24(19)4)9-18(27)25-7-8-26(14(3)11-25)17-6-5-15(10-20)22-23-17/h5-6,12-14H,7-9,11H2,1-4H3/t14-/m0/s1. The zero-order chi connectivity index (χ0) is 19.6. The Balaban J connectivity index is 1.62. The first-order chi connectivity index (χ1) is 12.9. The molecule has 8 nitrogen and oxygen atoms in total. The van der Waals surface area contributed by atoms with Crippen molar-refractivity contribution in [2.24, 2.45) is 7.05 Å². The number of amides is 1. The molecule has 1 fully saturated rings. The molecule has 2 aromatic rings. The lowest BCUT2D eigenvalue weighted by Crippen LogP contribution is -2.54. The number of aromatic nitrogens is 4. The molecule has 3 rings (SSSR count). The number of nitrogens with zero attached hydrogens (tertiary/aromatic N) is 7. The lowest BCUT2D eigenvalue weighted by Gasteiger charge is -2.40. The summed E-state index contributed by atoms with van der Waals surface area (Å²) in [5.74, 6) is 2.16. The average Bonchev–Trinajstić information content (AvgIpc) is 3.02. The number of hydrogen-bond donors (Lipinski definition) is 0. The summed E-state index contributed by atoms with van der Waals surface area (Å²) < 4.78 is 2.00. The highest BCUT2D eigenvalue weighted by Gasteiger charge is 2.28. The van der Waals surface area contributed by atoms with Gasteiger partial charge in [0.05, 0.1) is 12.1 Å². The van der Waals surface area contributed by atoms with Crippen molar-refractivity contribution in [2.75, 3.05) is 24.5 Å². The molecule has 2 aromatic heterocycles. The quantitative estimate of drug-likeness (QED) is 0.813. The van der Waals surface area contributed by atoms with Crippen LogP contribution in [-0.2, 0) is 18.3 Å². The predicted octanol–water partition coefficient (Wildman–Crippen LogP) is 1.48. The molecule has 0 unspecified atom stereocenters. The summed E-state index contributed by atoms with van der Waals surface area (Å²) in [6, 6.07) is 5.57. The second kappa shape index (κ2) is 7.74. The number of piperazine rings is 1. The summed E-state index contributed by atoms with van der Waals surface area (Å²) in [5, 5.41) is 16.9. The number of carbonyl (C=O) groups excluding carboxylic acids is 1. The van der Waals surface area contributed by atoms with Gasteiger partial charge in [-0.2, -0.15) is 5.26 Å². The molecule has 0 bridgehead atoms. The summed E-state index contributed by atoms with van der Waals surface area (Å²) in [6.07, 6.45) is 2.27. The summed E-state index contributed by atoms with van der Waals surface area (Å²) in [6.45, 7) is 8.21. The number of aryl methyl sites for hydroxylation is 1. The Kier molecular flexibility index (Phi) is 5.40. The van der Waals surface area contributed by atoms with Crippen LogP contribution in [0, 0.1) is 11.3 Å². The van der Waals surface area contributed by atoms with Gasteiger partial charge in [0.25, 0.3) is 0 Å². The number of hydrogen-bond acceptors (Lipinski definition) is 6. The van der Waals surface area contributed by atoms with Gasteiger partial charge in [0.15, 0.2) is 11.5 Å². The average molecular weight is 367 g/mol. The Bertz CT molecular complexity index is 850. The van der Waals surface area contributed by atoms with Gasteiger partial charge in [0.2, 0.25) is 5.91 Å². The number of carbonyl (C=O) groups is 1. The van der Waals surface area contributed by atoms with Crippen molar-refractivity contribution in [1.82, 2.24) is 24.6 Å². The molecule has 1 aliphatic heterocycles. The fraction of sp³-hybridized carbons (Fsp3) is 0.526. The Hall–Kier alpha value is -2.95. The molecule has 3 heterocycles. The van der Waals surface area contributed by atoms with Crippen LogP contribution in [0.15, 0.2) is 18.3 Å². The van der Waals surface area contributed by atoms with E-state index in [-0.39, 0.29) is 11.9 Å². The second-order valence-electron chi connectivity index (χ2n) is 7.30. The van der Waals surface area contributed by atoms with E-state index in [1.165, 1.54) is 0 Å². The van der Waals surface area contributed by atoms with E-state index in [0.717, 1.165) is 17.3 Å². The van der Waals surface area contributed by atoms with Gasteiger partial charge in [-0.15, -0.1) is 10.2 Å². The molecule has 142 valence electrons. The van der Waals surface area contributed by atoms with Crippen molar-refractivity contribution in [3.8, 4) is 6.07 Å². The molecule has 1 amide bonds. The highest BCUT2D eigenvalue weighted by atomic mass is 16.2. The van der Waals surface area contributed by atoms with Crippen LogP contribution < -0.4 is 4.90 Å². The van der Waals surface area contributed by atoms with Crippen molar-refractivity contribution in [3.05, 3.63) is 35.5 Å². The molecule has 0 aliphatic carbocycles. The minimum atomic E-state index is 0.0980. The van der Waals surface area contributed by atoms with Crippen LogP contribution in [0.25, 0.3) is 0 Å². The third kappa shape index (κ3) is 4.08. The third-order valence-corrected chi connectivity index (χ3v) is 4.85. The van der Waals surface area contributed by atoms with Crippen molar-refractivity contribution in [3.63, 3.8) is 0 Å². The van der Waals surface area contributed by atoms with Gasteiger partial charge in [-0.1, -0.05) is 13.8 Å². The maximum absolute atomic E-state index is 12.7. The molecule has 1 atom stereocenters. The van der Waals surface area contributed by atoms with E-state index >= 15 is 0 Å². The zero-order valence-corrected chi connectivity index (χ0v) is 16.3. The van der Waals surface area contributed by atoms with E-state index in [4.69, 9.17) is 5.26 Å². The SMILES string of the molecule is CC(C)c1nc(CC(=O)N2CCN(c3ccc(C#N)nn3)[C@@H](C)C2)cn1C. The molecular weight excluding hydrogens is 342 g/mol. The summed E-state index contributed by atoms with van der Waals surface area (Å²) in [4.78, 5) is 21.3. The fourth-order valence-electron chi connectivity index (χ4n) is 3.50. The van der Waals surface area contributed by atoms with Crippen LogP contribution in [0.5, 0.6) is 0 Å². The van der Waals surface area contributed by atoms with Crippen molar-refractivity contribution >= 4 is 11.7 Å². The van der Waals surface area contributed by atoms with Crippen molar-refractivity contribution in [2.45, 2.75) is 39.2 Å². The van der Waals surface area contributed by atoms with Crippen LogP contribution in [0.3, 0.4) is 0 Å². The molecule has 0 spiro atoms. The Morgan fingerprint density at radius 3 is 2.67 bits per heavy atom. The highest BCUT2D eigenvalue weighted by molar-refractivity contribution is 5.78. The largest absolute Gasteiger partial charge is 0.349 e. The van der Waals surface area contributed by atoms with Crippen LogP contribution in [0.4, 0.5) is 5.82 Å². The molecule has 0 aromatic carbocycles. The lowest BCUT2D eigenvalue weighted by atomic mass is 10.1. The second-order valence-corrected chi connectivity index (χ2v) is 7.30. The van der Waals surface area contributed by atoms with Gasteiger partial charge in [0, 0.05) is 44.8 Å². The van der Waals surface area contributed by atoms with E-state index in [2.05, 4.69) is 40.9 Å². The van der Waals surface area contributed by atoms with Gasteiger partial charge in [0.1, 0.15) is 11.9 Å². The summed E-state index contributed by atoms with van der Waals surface area (Å²) in [7, 11) is 1.97. The van der Waals surface area contributed by atoms with Gasteiger partial charge in [-0.25, -0.2) is 4.98 Å². The zero-order valence-electron chi connectivity index (χ0n) is 16.3. The summed E-state index contributed by atoms with van der Waals surface area (Å²) >= 11 is 0. The maximum atomic E-state index is 12.7. The topological polar surface area (TPSA) is 90.9 Å². The third-order valence-electron chi connectivity index (χ3n) is 4.85. The number of imidazole rings is 1. The smallest absolute Gasteiger partial charge is 0.228 e. The normalized spacial score (nSPS) is 17.3. The van der Waals surface area contributed by atoms with Gasteiger partial charge >= 0.3 is 0 Å². The van der Waals surface area contributed by atoms with Crippen molar-refractivity contribution < 1.29 is 4.79 Å². The van der Waals surface area contributed by atoms with Crippen molar-refractivity contribution in [1.29, 1.82) is 5.26 Å². The van der Waals surface area contributed by atoms with E-state index in [1.54, 1.807) is 12.1 Å². The first-order valence-corrected chi connectivity index (χ1v) is 9.19. The number of rotatable bonds is 4.